The minimum absolute atomic E-state index is 0.859. The second kappa shape index (κ2) is 6.24. The van der Waals surface area contributed by atoms with E-state index in [1.807, 2.05) is 6.07 Å². The molecule has 1 nitrogen and oxygen atoms in total. The van der Waals surface area contributed by atoms with Gasteiger partial charge in [-0.15, -0.1) is 0 Å². The van der Waals surface area contributed by atoms with E-state index in [2.05, 4.69) is 70.0 Å². The molecule has 0 amide bonds. The lowest BCUT2D eigenvalue weighted by atomic mass is 10.2. The highest BCUT2D eigenvalue weighted by molar-refractivity contribution is 9.10. The SMILES string of the molecule is Cc1cccc(SNCc2cccc(Br)c2)c1. The van der Waals surface area contributed by atoms with Gasteiger partial charge in [-0.05, 0) is 54.3 Å². The zero-order valence-corrected chi connectivity index (χ0v) is 12.0. The summed E-state index contributed by atoms with van der Waals surface area (Å²) in [7, 11) is 0. The average Bonchev–Trinajstić information content (AvgIpc) is 2.29. The van der Waals surface area contributed by atoms with E-state index in [4.69, 9.17) is 0 Å². The van der Waals surface area contributed by atoms with Gasteiger partial charge in [0.15, 0.2) is 0 Å². The highest BCUT2D eigenvalue weighted by Crippen LogP contribution is 2.17. The molecule has 0 heterocycles. The monoisotopic (exact) mass is 307 g/mol. The summed E-state index contributed by atoms with van der Waals surface area (Å²) >= 11 is 5.14. The van der Waals surface area contributed by atoms with Crippen LogP contribution in [-0.2, 0) is 6.54 Å². The van der Waals surface area contributed by atoms with Crippen molar-refractivity contribution in [3.05, 3.63) is 64.1 Å². The van der Waals surface area contributed by atoms with Crippen LogP contribution in [0.15, 0.2) is 57.9 Å². The summed E-state index contributed by atoms with van der Waals surface area (Å²) in [6.07, 6.45) is 0. The van der Waals surface area contributed by atoms with Crippen LogP contribution in [0.2, 0.25) is 0 Å². The normalized spacial score (nSPS) is 10.5. The van der Waals surface area contributed by atoms with Crippen LogP contribution < -0.4 is 4.72 Å². The van der Waals surface area contributed by atoms with Gasteiger partial charge < -0.3 is 0 Å². The summed E-state index contributed by atoms with van der Waals surface area (Å²) in [5, 5.41) is 0. The molecule has 0 fully saturated rings. The Hall–Kier alpha value is -0.770. The van der Waals surface area contributed by atoms with Crippen LogP contribution in [0, 0.1) is 6.92 Å². The van der Waals surface area contributed by atoms with Crippen LogP contribution in [-0.4, -0.2) is 0 Å². The fourth-order valence-electron chi connectivity index (χ4n) is 1.53. The number of hydrogen-bond donors (Lipinski definition) is 1. The van der Waals surface area contributed by atoms with Gasteiger partial charge in [0.25, 0.3) is 0 Å². The average molecular weight is 308 g/mol. The second-order valence-electron chi connectivity index (χ2n) is 3.87. The molecule has 0 bridgehead atoms. The first-order valence-electron chi connectivity index (χ1n) is 5.45. The van der Waals surface area contributed by atoms with Gasteiger partial charge in [-0.25, -0.2) is 0 Å². The predicted molar refractivity (Wildman–Crippen MR) is 78.0 cm³/mol. The standard InChI is InChI=1S/C14H14BrNS/c1-11-4-2-7-14(8-11)17-16-10-12-5-3-6-13(15)9-12/h2-9,16H,10H2,1H3. The van der Waals surface area contributed by atoms with E-state index in [1.54, 1.807) is 11.9 Å². The van der Waals surface area contributed by atoms with Gasteiger partial charge in [-0.1, -0.05) is 40.2 Å². The Labute approximate surface area is 115 Å². The quantitative estimate of drug-likeness (QED) is 0.831. The summed E-state index contributed by atoms with van der Waals surface area (Å²) < 4.78 is 4.49. The molecule has 0 spiro atoms. The van der Waals surface area contributed by atoms with Crippen LogP contribution >= 0.6 is 27.9 Å². The van der Waals surface area contributed by atoms with E-state index in [0.717, 1.165) is 11.0 Å². The summed E-state index contributed by atoms with van der Waals surface area (Å²) in [5.41, 5.74) is 2.57. The van der Waals surface area contributed by atoms with Crippen molar-refractivity contribution in [2.45, 2.75) is 18.4 Å². The Bertz CT molecular complexity index is 454. The predicted octanol–water partition coefficient (Wildman–Crippen LogP) is 4.55. The molecule has 0 atom stereocenters. The number of hydrogen-bond acceptors (Lipinski definition) is 2. The molecular weight excluding hydrogens is 294 g/mol. The molecule has 0 saturated carbocycles. The zero-order valence-electron chi connectivity index (χ0n) is 9.61. The number of halogens is 1. The van der Waals surface area contributed by atoms with Crippen molar-refractivity contribution in [2.75, 3.05) is 0 Å². The molecule has 0 aliphatic heterocycles. The Morgan fingerprint density at radius 1 is 1.12 bits per heavy atom. The lowest BCUT2D eigenvalue weighted by Crippen LogP contribution is -2.02. The van der Waals surface area contributed by atoms with Gasteiger partial charge in [0.2, 0.25) is 0 Å². The van der Waals surface area contributed by atoms with Crippen molar-refractivity contribution in [3.8, 4) is 0 Å². The largest absolute Gasteiger partial charge is 0.255 e. The third kappa shape index (κ3) is 4.19. The number of benzene rings is 2. The van der Waals surface area contributed by atoms with Gasteiger partial charge in [-0.2, -0.15) is 0 Å². The molecule has 0 saturated heterocycles. The van der Waals surface area contributed by atoms with Crippen molar-refractivity contribution >= 4 is 27.9 Å². The first-order valence-corrected chi connectivity index (χ1v) is 7.06. The van der Waals surface area contributed by atoms with Gasteiger partial charge >= 0.3 is 0 Å². The third-order valence-corrected chi connectivity index (χ3v) is 3.62. The molecule has 3 heteroatoms. The zero-order chi connectivity index (χ0) is 12.1. The maximum Gasteiger partial charge on any atom is 0.0313 e. The van der Waals surface area contributed by atoms with Crippen molar-refractivity contribution in [3.63, 3.8) is 0 Å². The minimum atomic E-state index is 0.859. The van der Waals surface area contributed by atoms with E-state index in [9.17, 15) is 0 Å². The van der Waals surface area contributed by atoms with E-state index in [0.29, 0.717) is 0 Å². The molecule has 0 aliphatic carbocycles. The third-order valence-electron chi connectivity index (χ3n) is 2.34. The van der Waals surface area contributed by atoms with Crippen molar-refractivity contribution in [2.24, 2.45) is 0 Å². The number of aryl methyl sites for hydroxylation is 1. The van der Waals surface area contributed by atoms with Crippen molar-refractivity contribution in [1.29, 1.82) is 0 Å². The Balaban J connectivity index is 1.87. The highest BCUT2D eigenvalue weighted by Gasteiger charge is 1.96. The fraction of sp³-hybridized carbons (Fsp3) is 0.143. The van der Waals surface area contributed by atoms with Gasteiger partial charge in [-0.3, -0.25) is 4.72 Å². The maximum absolute atomic E-state index is 3.47. The first-order chi connectivity index (χ1) is 8.24. The smallest absolute Gasteiger partial charge is 0.0313 e. The van der Waals surface area contributed by atoms with Gasteiger partial charge in [0, 0.05) is 15.9 Å². The molecule has 88 valence electrons. The van der Waals surface area contributed by atoms with Crippen molar-refractivity contribution < 1.29 is 0 Å². The van der Waals surface area contributed by atoms with Crippen LogP contribution in [0.1, 0.15) is 11.1 Å². The number of nitrogens with one attached hydrogen (secondary N) is 1. The second-order valence-corrected chi connectivity index (χ2v) is 5.75. The van der Waals surface area contributed by atoms with Crippen LogP contribution in [0.3, 0.4) is 0 Å². The summed E-state index contributed by atoms with van der Waals surface area (Å²) in [5.74, 6) is 0. The fourth-order valence-corrected chi connectivity index (χ4v) is 2.77. The van der Waals surface area contributed by atoms with E-state index < -0.39 is 0 Å². The molecule has 0 aromatic heterocycles. The van der Waals surface area contributed by atoms with Crippen molar-refractivity contribution in [1.82, 2.24) is 4.72 Å². The number of rotatable bonds is 4. The lowest BCUT2D eigenvalue weighted by molar-refractivity contribution is 0.973. The highest BCUT2D eigenvalue weighted by atomic mass is 79.9. The Morgan fingerprint density at radius 2 is 1.94 bits per heavy atom. The molecule has 0 unspecified atom stereocenters. The molecule has 2 rings (SSSR count). The minimum Gasteiger partial charge on any atom is -0.255 e. The molecule has 0 radical (unpaired) electrons. The van der Waals surface area contributed by atoms with E-state index in [-0.39, 0.29) is 0 Å². The summed E-state index contributed by atoms with van der Waals surface area (Å²) in [6.45, 7) is 2.97. The molecule has 2 aromatic carbocycles. The van der Waals surface area contributed by atoms with E-state index in [1.165, 1.54) is 16.0 Å². The maximum atomic E-state index is 3.47. The molecule has 17 heavy (non-hydrogen) atoms. The lowest BCUT2D eigenvalue weighted by Gasteiger charge is -2.05. The molecule has 0 aliphatic rings. The van der Waals surface area contributed by atoms with Crippen LogP contribution in [0.25, 0.3) is 0 Å². The van der Waals surface area contributed by atoms with Gasteiger partial charge in [0.1, 0.15) is 0 Å². The molecule has 2 aromatic rings. The first kappa shape index (κ1) is 12.7. The van der Waals surface area contributed by atoms with E-state index >= 15 is 0 Å². The van der Waals surface area contributed by atoms with Gasteiger partial charge in [0.05, 0.1) is 0 Å². The topological polar surface area (TPSA) is 12.0 Å². The molecule has 1 N–H and O–H groups in total. The molecular formula is C14H14BrNS. The Morgan fingerprint density at radius 3 is 2.71 bits per heavy atom. The summed E-state index contributed by atoms with van der Waals surface area (Å²) in [4.78, 5) is 1.25. The Kier molecular flexibility index (Phi) is 4.66. The summed E-state index contributed by atoms with van der Waals surface area (Å²) in [6, 6.07) is 16.8. The van der Waals surface area contributed by atoms with Crippen LogP contribution in [0.5, 0.6) is 0 Å². The van der Waals surface area contributed by atoms with Crippen LogP contribution in [0.4, 0.5) is 0 Å².